The molecule has 2 aliphatic rings. The van der Waals surface area contributed by atoms with Crippen molar-refractivity contribution in [1.29, 1.82) is 0 Å². The number of fused-ring (bicyclic) bond motifs is 2. The van der Waals surface area contributed by atoms with Crippen molar-refractivity contribution >= 4 is 29.3 Å². The van der Waals surface area contributed by atoms with Crippen molar-refractivity contribution < 1.29 is 19.4 Å². The largest absolute Gasteiger partial charge is 0.550 e. The fourth-order valence-electron chi connectivity index (χ4n) is 2.83. The van der Waals surface area contributed by atoms with Gasteiger partial charge in [0.25, 0.3) is 0 Å². The van der Waals surface area contributed by atoms with Crippen LogP contribution in [0.3, 0.4) is 0 Å². The molecule has 4 atom stereocenters. The molecule has 2 bridgehead atoms. The van der Waals surface area contributed by atoms with Crippen LogP contribution in [0.15, 0.2) is 41.3 Å². The van der Waals surface area contributed by atoms with Crippen LogP contribution in [-0.4, -0.2) is 30.3 Å². The van der Waals surface area contributed by atoms with E-state index in [1.807, 2.05) is 24.5 Å². The fourth-order valence-corrected chi connectivity index (χ4v) is 3.29. The van der Waals surface area contributed by atoms with Gasteiger partial charge >= 0.3 is 0 Å². The minimum atomic E-state index is -1.25. The van der Waals surface area contributed by atoms with E-state index in [-0.39, 0.29) is 5.91 Å². The van der Waals surface area contributed by atoms with Crippen molar-refractivity contribution in [3.8, 4) is 0 Å². The highest BCUT2D eigenvalue weighted by atomic mass is 32.2. The summed E-state index contributed by atoms with van der Waals surface area (Å²) in [6.07, 6.45) is 4.33. The van der Waals surface area contributed by atoms with Gasteiger partial charge in [-0.15, -0.1) is 11.8 Å². The fraction of sp³-hybridized carbons (Fsp3) is 0.333. The normalized spacial score (nSPS) is 29.6. The minimum Gasteiger partial charge on any atom is -0.550 e. The van der Waals surface area contributed by atoms with Crippen LogP contribution in [0.25, 0.3) is 0 Å². The molecule has 110 valence electrons. The number of benzene rings is 1. The summed E-state index contributed by atoms with van der Waals surface area (Å²) < 4.78 is 5.47. The Kier molecular flexibility index (Phi) is 3.73. The zero-order valence-corrected chi connectivity index (χ0v) is 12.1. The molecule has 1 saturated heterocycles. The first-order chi connectivity index (χ1) is 10.1. The number of rotatable bonds is 4. The SMILES string of the molecule is CSc1cccc(NC(=O)[C@@H]2[C@@H](C(=O)[O-])[C@@H]3C=C[C@H]2O3)c1. The first-order valence-electron chi connectivity index (χ1n) is 6.59. The van der Waals surface area contributed by atoms with Crippen LogP contribution in [-0.2, 0) is 14.3 Å². The molecule has 21 heavy (non-hydrogen) atoms. The maximum atomic E-state index is 12.4. The van der Waals surface area contributed by atoms with Gasteiger partial charge in [0, 0.05) is 22.5 Å². The lowest BCUT2D eigenvalue weighted by Gasteiger charge is -2.25. The smallest absolute Gasteiger partial charge is 0.231 e. The van der Waals surface area contributed by atoms with E-state index in [0.717, 1.165) is 4.90 Å². The van der Waals surface area contributed by atoms with E-state index < -0.39 is 30.0 Å². The minimum absolute atomic E-state index is 0.348. The van der Waals surface area contributed by atoms with Crippen LogP contribution >= 0.6 is 11.8 Å². The number of hydrogen-bond acceptors (Lipinski definition) is 5. The predicted octanol–water partition coefficient (Wildman–Crippen LogP) is 0.666. The Morgan fingerprint density at radius 3 is 2.62 bits per heavy atom. The highest BCUT2D eigenvalue weighted by Gasteiger charge is 2.50. The first-order valence-corrected chi connectivity index (χ1v) is 7.82. The van der Waals surface area contributed by atoms with Crippen molar-refractivity contribution in [3.05, 3.63) is 36.4 Å². The van der Waals surface area contributed by atoms with Gasteiger partial charge in [0.1, 0.15) is 0 Å². The predicted molar refractivity (Wildman–Crippen MR) is 76.6 cm³/mol. The highest BCUT2D eigenvalue weighted by molar-refractivity contribution is 7.98. The molecule has 0 spiro atoms. The topological polar surface area (TPSA) is 78.5 Å². The number of thioether (sulfide) groups is 1. The van der Waals surface area contributed by atoms with Crippen LogP contribution in [0.5, 0.6) is 0 Å². The summed E-state index contributed by atoms with van der Waals surface area (Å²) in [4.78, 5) is 24.7. The molecular weight excluding hydrogens is 290 g/mol. The summed E-state index contributed by atoms with van der Waals surface area (Å²) in [7, 11) is 0. The Hall–Kier alpha value is -1.79. The molecule has 1 aromatic rings. The molecule has 3 rings (SSSR count). The van der Waals surface area contributed by atoms with Crippen LogP contribution < -0.4 is 10.4 Å². The third kappa shape index (κ3) is 2.56. The van der Waals surface area contributed by atoms with E-state index in [9.17, 15) is 14.7 Å². The van der Waals surface area contributed by atoms with E-state index in [0.29, 0.717) is 5.69 Å². The van der Waals surface area contributed by atoms with Gasteiger partial charge in [0.2, 0.25) is 5.91 Å². The lowest BCUT2D eigenvalue weighted by atomic mass is 9.82. The summed E-state index contributed by atoms with van der Waals surface area (Å²) in [5.74, 6) is -3.27. The Labute approximate surface area is 126 Å². The number of anilines is 1. The van der Waals surface area contributed by atoms with E-state index in [1.54, 1.807) is 30.0 Å². The van der Waals surface area contributed by atoms with Gasteiger partial charge in [0.05, 0.1) is 18.1 Å². The Morgan fingerprint density at radius 2 is 1.95 bits per heavy atom. The molecule has 1 fully saturated rings. The second-order valence-electron chi connectivity index (χ2n) is 5.04. The van der Waals surface area contributed by atoms with Crippen molar-refractivity contribution in [2.75, 3.05) is 11.6 Å². The number of amides is 1. The van der Waals surface area contributed by atoms with Crippen LogP contribution in [0.1, 0.15) is 0 Å². The number of carboxylic acid groups (broad SMARTS) is 1. The van der Waals surface area contributed by atoms with Gasteiger partial charge in [-0.05, 0) is 24.5 Å². The monoisotopic (exact) mass is 304 g/mol. The van der Waals surface area contributed by atoms with Crippen LogP contribution in [0.2, 0.25) is 0 Å². The highest BCUT2D eigenvalue weighted by Crippen LogP contribution is 2.39. The quantitative estimate of drug-likeness (QED) is 0.653. The van der Waals surface area contributed by atoms with Crippen molar-refractivity contribution in [1.82, 2.24) is 0 Å². The van der Waals surface area contributed by atoms with E-state index in [2.05, 4.69) is 5.32 Å². The van der Waals surface area contributed by atoms with E-state index in [1.165, 1.54) is 0 Å². The van der Waals surface area contributed by atoms with Gasteiger partial charge in [0.15, 0.2) is 0 Å². The average molecular weight is 304 g/mol. The van der Waals surface area contributed by atoms with Crippen molar-refractivity contribution in [2.45, 2.75) is 17.1 Å². The molecule has 0 saturated carbocycles. The summed E-state index contributed by atoms with van der Waals surface area (Å²) in [5, 5.41) is 14.0. The standard InChI is InChI=1S/C15H15NO4S/c1-21-9-4-2-3-8(7-9)16-14(17)12-10-5-6-11(20-10)13(12)15(18)19/h2-7,10-13H,1H3,(H,16,17)(H,18,19)/p-1/t10-,11+,12+,13+/m1/s1. The third-order valence-corrected chi connectivity index (χ3v) is 4.54. The van der Waals surface area contributed by atoms with Crippen LogP contribution in [0, 0.1) is 11.8 Å². The van der Waals surface area contributed by atoms with E-state index >= 15 is 0 Å². The first kappa shape index (κ1) is 14.2. The Morgan fingerprint density at radius 1 is 1.24 bits per heavy atom. The number of carboxylic acids is 1. The molecule has 1 amide bonds. The zero-order chi connectivity index (χ0) is 15.0. The summed E-state index contributed by atoms with van der Waals surface area (Å²) in [6, 6.07) is 7.40. The molecule has 2 aliphatic heterocycles. The van der Waals surface area contributed by atoms with Crippen molar-refractivity contribution in [3.63, 3.8) is 0 Å². The maximum absolute atomic E-state index is 12.4. The second kappa shape index (κ2) is 5.54. The average Bonchev–Trinajstić information content (AvgIpc) is 3.07. The number of aliphatic carboxylic acids is 1. The summed E-state index contributed by atoms with van der Waals surface area (Å²) >= 11 is 1.57. The molecule has 5 nitrogen and oxygen atoms in total. The third-order valence-electron chi connectivity index (χ3n) is 3.81. The van der Waals surface area contributed by atoms with Crippen LogP contribution in [0.4, 0.5) is 5.69 Å². The van der Waals surface area contributed by atoms with Gasteiger partial charge in [-0.2, -0.15) is 0 Å². The lowest BCUT2D eigenvalue weighted by Crippen LogP contribution is -2.45. The van der Waals surface area contributed by atoms with Gasteiger partial charge in [-0.25, -0.2) is 0 Å². The Bertz CT molecular complexity index is 615. The molecule has 0 aliphatic carbocycles. The number of hydrogen-bond donors (Lipinski definition) is 1. The van der Waals surface area contributed by atoms with Gasteiger partial charge in [-0.1, -0.05) is 18.2 Å². The van der Waals surface area contributed by atoms with Gasteiger partial charge < -0.3 is 20.0 Å². The molecule has 0 unspecified atom stereocenters. The zero-order valence-electron chi connectivity index (χ0n) is 11.3. The molecule has 1 aromatic carbocycles. The second-order valence-corrected chi connectivity index (χ2v) is 5.92. The molecule has 0 radical (unpaired) electrons. The summed E-state index contributed by atoms with van der Waals surface area (Å²) in [6.45, 7) is 0. The molecule has 0 aromatic heterocycles. The number of ether oxygens (including phenoxy) is 1. The number of carbonyl (C=O) groups excluding carboxylic acids is 2. The van der Waals surface area contributed by atoms with Crippen molar-refractivity contribution in [2.24, 2.45) is 11.8 Å². The molecular formula is C15H14NO4S-. The maximum Gasteiger partial charge on any atom is 0.231 e. The van der Waals surface area contributed by atoms with Gasteiger partial charge in [-0.3, -0.25) is 4.79 Å². The summed E-state index contributed by atoms with van der Waals surface area (Å²) in [5.41, 5.74) is 0.649. The van der Waals surface area contributed by atoms with E-state index in [4.69, 9.17) is 4.74 Å². The molecule has 2 heterocycles. The molecule has 1 N–H and O–H groups in total. The number of carbonyl (C=O) groups is 2. The molecule has 6 heteroatoms. The Balaban J connectivity index is 1.78. The lowest BCUT2D eigenvalue weighted by molar-refractivity contribution is -0.313. The number of nitrogens with one attached hydrogen (secondary N) is 1.